The van der Waals surface area contributed by atoms with Crippen molar-refractivity contribution in [2.24, 2.45) is 5.10 Å². The smallest absolute Gasteiger partial charge is 0.241 e. The van der Waals surface area contributed by atoms with E-state index in [-0.39, 0.29) is 17.5 Å². The molecular weight excluding hydrogens is 493 g/mol. The standard InChI is InChI=1S/C25H25Cl2N3O3S/c1-16-4-5-17(2)25(12-16)34(31,32)28-15-20-14-24(18-6-9-21(33-3)10-7-18)30(29-20)23-11-8-19(26)13-22(23)27/h4-13,24,28H,14-15H2,1-3H3. The van der Waals surface area contributed by atoms with Crippen molar-refractivity contribution in [1.29, 1.82) is 0 Å². The Hall–Kier alpha value is -2.58. The van der Waals surface area contributed by atoms with Gasteiger partial charge in [-0.2, -0.15) is 5.10 Å². The lowest BCUT2D eigenvalue weighted by Crippen LogP contribution is -2.29. The number of halogens is 2. The molecule has 0 bridgehead atoms. The number of sulfonamides is 1. The van der Waals surface area contributed by atoms with Gasteiger partial charge in [-0.15, -0.1) is 0 Å². The molecule has 1 heterocycles. The van der Waals surface area contributed by atoms with Crippen LogP contribution in [0.3, 0.4) is 0 Å². The number of hydrazone groups is 1. The summed E-state index contributed by atoms with van der Waals surface area (Å²) >= 11 is 12.6. The maximum Gasteiger partial charge on any atom is 0.241 e. The van der Waals surface area contributed by atoms with Gasteiger partial charge in [0, 0.05) is 11.4 Å². The topological polar surface area (TPSA) is 71.0 Å². The molecule has 1 unspecified atom stereocenters. The van der Waals surface area contributed by atoms with E-state index < -0.39 is 10.0 Å². The average Bonchev–Trinajstić information content (AvgIpc) is 3.23. The van der Waals surface area contributed by atoms with E-state index in [1.807, 2.05) is 48.3 Å². The van der Waals surface area contributed by atoms with Crippen LogP contribution in [0.4, 0.5) is 5.69 Å². The Balaban J connectivity index is 1.62. The largest absolute Gasteiger partial charge is 0.497 e. The van der Waals surface area contributed by atoms with Gasteiger partial charge in [-0.05, 0) is 66.9 Å². The first-order valence-electron chi connectivity index (χ1n) is 10.7. The molecule has 6 nitrogen and oxygen atoms in total. The summed E-state index contributed by atoms with van der Waals surface area (Å²) in [5.41, 5.74) is 3.97. The molecule has 9 heteroatoms. The monoisotopic (exact) mass is 517 g/mol. The third-order valence-electron chi connectivity index (χ3n) is 5.73. The van der Waals surface area contributed by atoms with E-state index >= 15 is 0 Å². The minimum atomic E-state index is -3.70. The van der Waals surface area contributed by atoms with E-state index in [1.165, 1.54) is 0 Å². The second-order valence-electron chi connectivity index (χ2n) is 8.19. The minimum Gasteiger partial charge on any atom is -0.497 e. The summed E-state index contributed by atoms with van der Waals surface area (Å²) in [6, 6.07) is 18.2. The molecule has 1 N–H and O–H groups in total. The fourth-order valence-corrected chi connectivity index (χ4v) is 5.75. The number of anilines is 1. The van der Waals surface area contributed by atoms with Crippen LogP contribution in [0.2, 0.25) is 10.0 Å². The molecule has 0 aromatic heterocycles. The molecule has 0 aliphatic carbocycles. The molecule has 0 fully saturated rings. The van der Waals surface area contributed by atoms with Crippen molar-refractivity contribution in [2.75, 3.05) is 18.7 Å². The second-order valence-corrected chi connectivity index (χ2v) is 10.8. The van der Waals surface area contributed by atoms with Crippen molar-refractivity contribution in [3.8, 4) is 5.75 Å². The molecule has 34 heavy (non-hydrogen) atoms. The van der Waals surface area contributed by atoms with Gasteiger partial charge in [-0.25, -0.2) is 13.1 Å². The van der Waals surface area contributed by atoms with Gasteiger partial charge in [0.25, 0.3) is 0 Å². The van der Waals surface area contributed by atoms with E-state index in [0.29, 0.717) is 33.4 Å². The van der Waals surface area contributed by atoms with Gasteiger partial charge in [-0.1, -0.05) is 47.5 Å². The van der Waals surface area contributed by atoms with Crippen LogP contribution in [0, 0.1) is 13.8 Å². The first kappa shape index (κ1) is 24.5. The van der Waals surface area contributed by atoms with E-state index in [0.717, 1.165) is 16.9 Å². The molecule has 0 saturated heterocycles. The predicted molar refractivity (Wildman–Crippen MR) is 138 cm³/mol. The summed E-state index contributed by atoms with van der Waals surface area (Å²) < 4.78 is 34.0. The highest BCUT2D eigenvalue weighted by atomic mass is 35.5. The van der Waals surface area contributed by atoms with Crippen LogP contribution in [0.25, 0.3) is 0 Å². The zero-order valence-electron chi connectivity index (χ0n) is 19.0. The highest BCUT2D eigenvalue weighted by Gasteiger charge is 2.31. The molecule has 4 rings (SSSR count). The number of hydrogen-bond acceptors (Lipinski definition) is 5. The minimum absolute atomic E-state index is 0.0874. The SMILES string of the molecule is COc1ccc(C2CC(CNS(=O)(=O)c3cc(C)ccc3C)=NN2c2ccc(Cl)cc2Cl)cc1. The molecule has 0 saturated carbocycles. The van der Waals surface area contributed by atoms with Crippen molar-refractivity contribution < 1.29 is 13.2 Å². The molecule has 0 spiro atoms. The van der Waals surface area contributed by atoms with Gasteiger partial charge >= 0.3 is 0 Å². The molecule has 3 aromatic rings. The lowest BCUT2D eigenvalue weighted by molar-refractivity contribution is 0.414. The highest BCUT2D eigenvalue weighted by molar-refractivity contribution is 7.89. The molecule has 0 amide bonds. The number of hydrogen-bond donors (Lipinski definition) is 1. The summed E-state index contributed by atoms with van der Waals surface area (Å²) in [5.74, 6) is 0.750. The van der Waals surface area contributed by atoms with Gasteiger partial charge in [0.2, 0.25) is 10.0 Å². The number of benzene rings is 3. The summed E-state index contributed by atoms with van der Waals surface area (Å²) in [4.78, 5) is 0.274. The Kier molecular flexibility index (Phi) is 7.19. The quantitative estimate of drug-likeness (QED) is 0.423. The Labute approximate surface area is 210 Å². The lowest BCUT2D eigenvalue weighted by atomic mass is 10.0. The van der Waals surface area contributed by atoms with E-state index in [9.17, 15) is 8.42 Å². The van der Waals surface area contributed by atoms with Crippen molar-refractivity contribution in [1.82, 2.24) is 4.72 Å². The van der Waals surface area contributed by atoms with Crippen LogP contribution < -0.4 is 14.5 Å². The summed E-state index contributed by atoms with van der Waals surface area (Å²) in [7, 11) is -2.08. The number of aryl methyl sites for hydroxylation is 2. The van der Waals surface area contributed by atoms with Crippen LogP contribution in [-0.4, -0.2) is 27.8 Å². The number of ether oxygens (including phenoxy) is 1. The molecule has 0 radical (unpaired) electrons. The fraction of sp³-hybridized carbons (Fsp3) is 0.240. The van der Waals surface area contributed by atoms with Gasteiger partial charge < -0.3 is 4.74 Å². The van der Waals surface area contributed by atoms with E-state index in [4.69, 9.17) is 33.0 Å². The van der Waals surface area contributed by atoms with Crippen molar-refractivity contribution in [3.05, 3.63) is 87.4 Å². The summed E-state index contributed by atoms with van der Waals surface area (Å²) in [6.07, 6.45) is 0.528. The van der Waals surface area contributed by atoms with Crippen molar-refractivity contribution in [2.45, 2.75) is 31.2 Å². The van der Waals surface area contributed by atoms with Crippen LogP contribution in [0.15, 0.2) is 70.7 Å². The second kappa shape index (κ2) is 9.96. The maximum absolute atomic E-state index is 13.0. The Morgan fingerprint density at radius 3 is 2.47 bits per heavy atom. The number of rotatable bonds is 7. The van der Waals surface area contributed by atoms with Crippen LogP contribution >= 0.6 is 23.2 Å². The summed E-state index contributed by atoms with van der Waals surface area (Å²) in [5, 5.41) is 7.56. The van der Waals surface area contributed by atoms with Crippen LogP contribution in [-0.2, 0) is 10.0 Å². The first-order chi connectivity index (χ1) is 16.2. The number of methoxy groups -OCH3 is 1. The van der Waals surface area contributed by atoms with Gasteiger partial charge in [0.05, 0.1) is 41.0 Å². The molecule has 1 aliphatic rings. The van der Waals surface area contributed by atoms with E-state index in [2.05, 4.69) is 4.72 Å². The Bertz CT molecular complexity index is 1340. The Morgan fingerprint density at radius 1 is 1.06 bits per heavy atom. The lowest BCUT2D eigenvalue weighted by Gasteiger charge is -2.25. The average molecular weight is 518 g/mol. The third kappa shape index (κ3) is 5.23. The Morgan fingerprint density at radius 2 is 1.79 bits per heavy atom. The first-order valence-corrected chi connectivity index (χ1v) is 12.9. The normalized spacial score (nSPS) is 16.0. The van der Waals surface area contributed by atoms with Crippen LogP contribution in [0.1, 0.15) is 29.2 Å². The fourth-order valence-electron chi connectivity index (χ4n) is 3.91. The van der Waals surface area contributed by atoms with Gasteiger partial charge in [0.1, 0.15) is 5.75 Å². The molecular formula is C25H25Cl2N3O3S. The highest BCUT2D eigenvalue weighted by Crippen LogP contribution is 2.40. The van der Waals surface area contributed by atoms with Crippen molar-refractivity contribution >= 4 is 44.6 Å². The van der Waals surface area contributed by atoms with E-state index in [1.54, 1.807) is 38.3 Å². The van der Waals surface area contributed by atoms with Gasteiger partial charge in [0.15, 0.2) is 0 Å². The predicted octanol–water partition coefficient (Wildman–Crippen LogP) is 5.90. The zero-order chi connectivity index (χ0) is 24.5. The van der Waals surface area contributed by atoms with Crippen molar-refractivity contribution in [3.63, 3.8) is 0 Å². The molecule has 1 aliphatic heterocycles. The molecule has 1 atom stereocenters. The zero-order valence-corrected chi connectivity index (χ0v) is 21.4. The number of nitrogens with one attached hydrogen (secondary N) is 1. The molecule has 178 valence electrons. The number of nitrogens with zero attached hydrogens (tertiary/aromatic N) is 2. The van der Waals surface area contributed by atoms with Gasteiger partial charge in [-0.3, -0.25) is 5.01 Å². The van der Waals surface area contributed by atoms with Crippen LogP contribution in [0.5, 0.6) is 5.75 Å². The third-order valence-corrected chi connectivity index (χ3v) is 7.81. The molecule has 3 aromatic carbocycles. The maximum atomic E-state index is 13.0. The summed E-state index contributed by atoms with van der Waals surface area (Å²) in [6.45, 7) is 3.74.